The molecule has 4 amide bonds. The number of imide groups is 2. The van der Waals surface area contributed by atoms with E-state index in [0.717, 1.165) is 4.90 Å². The molecular formula is C22H21ClN2O5. The summed E-state index contributed by atoms with van der Waals surface area (Å²) in [5, 5.41) is 2.47. The molecule has 1 N–H and O–H groups in total. The van der Waals surface area contributed by atoms with Gasteiger partial charge in [-0.15, -0.1) is 0 Å². The van der Waals surface area contributed by atoms with Crippen molar-refractivity contribution in [2.45, 2.75) is 26.9 Å². The third-order valence-corrected chi connectivity index (χ3v) is 4.39. The molecule has 0 bridgehead atoms. The summed E-state index contributed by atoms with van der Waals surface area (Å²) >= 11 is 6.37. The highest BCUT2D eigenvalue weighted by atomic mass is 35.5. The molecule has 3 rings (SSSR count). The van der Waals surface area contributed by atoms with Gasteiger partial charge in [0.1, 0.15) is 5.57 Å². The number of barbiturate groups is 1. The zero-order chi connectivity index (χ0) is 21.8. The van der Waals surface area contributed by atoms with Gasteiger partial charge < -0.3 is 9.47 Å². The van der Waals surface area contributed by atoms with Crippen LogP contribution in [0.25, 0.3) is 6.08 Å². The molecule has 0 spiro atoms. The zero-order valence-corrected chi connectivity index (χ0v) is 17.5. The van der Waals surface area contributed by atoms with Crippen molar-refractivity contribution in [1.29, 1.82) is 0 Å². The number of carbonyl (C=O) groups excluding carboxylic acids is 3. The average Bonchev–Trinajstić information content (AvgIpc) is 2.68. The van der Waals surface area contributed by atoms with Crippen LogP contribution in [0.3, 0.4) is 0 Å². The van der Waals surface area contributed by atoms with Crippen molar-refractivity contribution in [3.05, 3.63) is 58.6 Å². The van der Waals surface area contributed by atoms with Crippen LogP contribution in [0.5, 0.6) is 11.5 Å². The van der Waals surface area contributed by atoms with Gasteiger partial charge in [0, 0.05) is 0 Å². The average molecular weight is 429 g/mol. The summed E-state index contributed by atoms with van der Waals surface area (Å²) in [7, 11) is 0. The molecule has 0 saturated carbocycles. The summed E-state index contributed by atoms with van der Waals surface area (Å²) in [5.41, 5.74) is 0.613. The number of nitrogens with one attached hydrogen (secondary N) is 1. The van der Waals surface area contributed by atoms with Crippen LogP contribution in [-0.4, -0.2) is 30.6 Å². The third kappa shape index (κ3) is 4.46. The first-order valence-corrected chi connectivity index (χ1v) is 9.79. The minimum Gasteiger partial charge on any atom is -0.490 e. The fraction of sp³-hybridized carbons (Fsp3) is 0.227. The second kappa shape index (κ2) is 9.00. The number of urea groups is 1. The molecule has 156 valence electrons. The van der Waals surface area contributed by atoms with Crippen molar-refractivity contribution in [3.63, 3.8) is 0 Å². The second-order valence-corrected chi connectivity index (χ2v) is 7.13. The Morgan fingerprint density at radius 2 is 1.83 bits per heavy atom. The number of halogens is 1. The van der Waals surface area contributed by atoms with Gasteiger partial charge in [0.05, 0.1) is 23.4 Å². The van der Waals surface area contributed by atoms with Crippen LogP contribution in [0.15, 0.2) is 48.0 Å². The van der Waals surface area contributed by atoms with Gasteiger partial charge in [0.2, 0.25) is 0 Å². The lowest BCUT2D eigenvalue weighted by Crippen LogP contribution is -2.54. The van der Waals surface area contributed by atoms with Crippen LogP contribution in [0.4, 0.5) is 10.5 Å². The summed E-state index contributed by atoms with van der Waals surface area (Å²) in [6, 6.07) is 10.7. The van der Waals surface area contributed by atoms with E-state index in [-0.39, 0.29) is 16.7 Å². The molecule has 1 fully saturated rings. The Morgan fingerprint density at radius 1 is 1.13 bits per heavy atom. The first-order valence-electron chi connectivity index (χ1n) is 9.41. The molecule has 0 aromatic heterocycles. The monoisotopic (exact) mass is 428 g/mol. The van der Waals surface area contributed by atoms with Crippen molar-refractivity contribution >= 4 is 41.2 Å². The maximum Gasteiger partial charge on any atom is 0.335 e. The highest BCUT2D eigenvalue weighted by Gasteiger charge is 2.36. The lowest BCUT2D eigenvalue weighted by atomic mass is 10.1. The van der Waals surface area contributed by atoms with E-state index in [2.05, 4.69) is 5.32 Å². The fourth-order valence-corrected chi connectivity index (χ4v) is 3.18. The predicted molar refractivity (Wildman–Crippen MR) is 114 cm³/mol. The lowest BCUT2D eigenvalue weighted by molar-refractivity contribution is -0.122. The Labute approximate surface area is 179 Å². The number of ether oxygens (including phenoxy) is 2. The van der Waals surface area contributed by atoms with Crippen LogP contribution in [0, 0.1) is 0 Å². The number of anilines is 1. The van der Waals surface area contributed by atoms with Crippen molar-refractivity contribution in [3.8, 4) is 11.5 Å². The van der Waals surface area contributed by atoms with E-state index in [1.54, 1.807) is 42.5 Å². The standard InChI is InChI=1S/C22H21ClN2O5/c1-4-29-18-12-14(11-17(23)19(18)30-13(2)3)10-16-20(26)24-22(28)25(21(16)27)15-8-6-5-7-9-15/h5-13H,4H2,1-3H3,(H,24,26,28)/b16-10+. The Kier molecular flexibility index (Phi) is 6.42. The van der Waals surface area contributed by atoms with Gasteiger partial charge in [-0.2, -0.15) is 0 Å². The molecule has 2 aromatic rings. The molecule has 8 heteroatoms. The first-order chi connectivity index (χ1) is 14.3. The number of nitrogens with zero attached hydrogens (tertiary/aromatic N) is 1. The fourth-order valence-electron chi connectivity index (χ4n) is 2.92. The quantitative estimate of drug-likeness (QED) is 0.550. The zero-order valence-electron chi connectivity index (χ0n) is 16.8. The van der Waals surface area contributed by atoms with Gasteiger partial charge in [-0.3, -0.25) is 14.9 Å². The van der Waals surface area contributed by atoms with E-state index >= 15 is 0 Å². The minimum atomic E-state index is -0.804. The smallest absolute Gasteiger partial charge is 0.335 e. The Balaban J connectivity index is 2.03. The second-order valence-electron chi connectivity index (χ2n) is 6.72. The molecule has 7 nitrogen and oxygen atoms in total. The first kappa shape index (κ1) is 21.4. The van der Waals surface area contributed by atoms with Gasteiger partial charge >= 0.3 is 6.03 Å². The maximum atomic E-state index is 12.9. The van der Waals surface area contributed by atoms with E-state index in [4.69, 9.17) is 21.1 Å². The van der Waals surface area contributed by atoms with Crippen LogP contribution < -0.4 is 19.7 Å². The van der Waals surface area contributed by atoms with E-state index in [1.807, 2.05) is 20.8 Å². The van der Waals surface area contributed by atoms with Crippen LogP contribution in [-0.2, 0) is 9.59 Å². The van der Waals surface area contributed by atoms with Gasteiger partial charge in [0.25, 0.3) is 11.8 Å². The van der Waals surface area contributed by atoms with Gasteiger partial charge in [0.15, 0.2) is 11.5 Å². The molecule has 0 atom stereocenters. The number of rotatable bonds is 6. The molecule has 1 heterocycles. The number of carbonyl (C=O) groups is 3. The number of hydrogen-bond acceptors (Lipinski definition) is 5. The molecule has 1 aliphatic rings. The molecule has 2 aromatic carbocycles. The van der Waals surface area contributed by atoms with Crippen molar-refractivity contribution in [2.24, 2.45) is 0 Å². The molecule has 30 heavy (non-hydrogen) atoms. The summed E-state index contributed by atoms with van der Waals surface area (Å²) in [4.78, 5) is 38.5. The summed E-state index contributed by atoms with van der Waals surface area (Å²) in [6.07, 6.45) is 1.25. The van der Waals surface area contributed by atoms with Crippen molar-refractivity contribution in [2.75, 3.05) is 11.5 Å². The Hall–Kier alpha value is -3.32. The Bertz CT molecular complexity index is 1020. The van der Waals surface area contributed by atoms with Crippen molar-refractivity contribution < 1.29 is 23.9 Å². The number of benzene rings is 2. The van der Waals surface area contributed by atoms with E-state index < -0.39 is 17.8 Å². The maximum absolute atomic E-state index is 12.9. The Morgan fingerprint density at radius 3 is 2.47 bits per heavy atom. The van der Waals surface area contributed by atoms with E-state index in [9.17, 15) is 14.4 Å². The predicted octanol–water partition coefficient (Wildman–Crippen LogP) is 4.19. The SMILES string of the molecule is CCOc1cc(/C=C2\C(=O)NC(=O)N(c3ccccc3)C2=O)cc(Cl)c1OC(C)C. The summed E-state index contributed by atoms with van der Waals surface area (Å²) in [5.74, 6) is -0.735. The van der Waals surface area contributed by atoms with E-state index in [1.165, 1.54) is 6.08 Å². The highest BCUT2D eigenvalue weighted by molar-refractivity contribution is 6.39. The van der Waals surface area contributed by atoms with E-state index in [0.29, 0.717) is 29.4 Å². The molecule has 0 unspecified atom stereocenters. The summed E-state index contributed by atoms with van der Waals surface area (Å²) in [6.45, 7) is 5.92. The van der Waals surface area contributed by atoms with Gasteiger partial charge in [-0.25, -0.2) is 9.69 Å². The highest BCUT2D eigenvalue weighted by Crippen LogP contribution is 2.38. The van der Waals surface area contributed by atoms with Crippen LogP contribution in [0.1, 0.15) is 26.3 Å². The lowest BCUT2D eigenvalue weighted by Gasteiger charge is -2.26. The van der Waals surface area contributed by atoms with Crippen LogP contribution >= 0.6 is 11.6 Å². The number of para-hydroxylation sites is 1. The van der Waals surface area contributed by atoms with Crippen molar-refractivity contribution in [1.82, 2.24) is 5.32 Å². The molecular weight excluding hydrogens is 408 g/mol. The van der Waals surface area contributed by atoms with Gasteiger partial charge in [-0.1, -0.05) is 29.8 Å². The molecule has 0 radical (unpaired) electrons. The third-order valence-electron chi connectivity index (χ3n) is 4.11. The summed E-state index contributed by atoms with van der Waals surface area (Å²) < 4.78 is 11.3. The van der Waals surface area contributed by atoms with Gasteiger partial charge in [-0.05, 0) is 56.7 Å². The van der Waals surface area contributed by atoms with Crippen LogP contribution in [0.2, 0.25) is 5.02 Å². The molecule has 1 saturated heterocycles. The molecule has 1 aliphatic heterocycles. The molecule has 0 aliphatic carbocycles. The minimum absolute atomic E-state index is 0.123. The topological polar surface area (TPSA) is 84.9 Å². The largest absolute Gasteiger partial charge is 0.490 e. The normalized spacial score (nSPS) is 15.6. The number of amides is 4. The number of hydrogen-bond donors (Lipinski definition) is 1.